The van der Waals surface area contributed by atoms with Gasteiger partial charge in [0.2, 0.25) is 0 Å². The molecular weight excluding hydrogens is 388 g/mol. The van der Waals surface area contributed by atoms with Crippen molar-refractivity contribution in [3.05, 3.63) is 88.3 Å². The van der Waals surface area contributed by atoms with Gasteiger partial charge in [-0.1, -0.05) is 48.0 Å². The van der Waals surface area contributed by atoms with E-state index in [0.29, 0.717) is 28.6 Å². The van der Waals surface area contributed by atoms with Crippen molar-refractivity contribution in [3.8, 4) is 0 Å². The van der Waals surface area contributed by atoms with Gasteiger partial charge < -0.3 is 4.90 Å². The zero-order valence-electron chi connectivity index (χ0n) is 15.2. The number of carbonyl (C=O) groups excluding carboxylic acids is 2. The minimum atomic E-state index is -0.267. The predicted octanol–water partition coefficient (Wildman–Crippen LogP) is 4.09. The summed E-state index contributed by atoms with van der Waals surface area (Å²) in [5.74, 6) is 0.0340. The van der Waals surface area contributed by atoms with E-state index in [1.165, 1.54) is 4.90 Å². The molecule has 6 nitrogen and oxygen atoms in total. The Morgan fingerprint density at radius 2 is 1.69 bits per heavy atom. The summed E-state index contributed by atoms with van der Waals surface area (Å²) in [5.41, 5.74) is 3.66. The number of anilines is 2. The van der Waals surface area contributed by atoms with Gasteiger partial charge in [0.05, 0.1) is 23.4 Å². The molecule has 1 aromatic heterocycles. The lowest BCUT2D eigenvalue weighted by atomic mass is 10.0. The summed E-state index contributed by atoms with van der Waals surface area (Å²) in [6.45, 7) is 0.799. The monoisotopic (exact) mass is 402 g/mol. The summed E-state index contributed by atoms with van der Waals surface area (Å²) in [4.78, 5) is 37.1. The highest BCUT2D eigenvalue weighted by Gasteiger charge is 2.35. The number of rotatable bonds is 3. The molecule has 2 aliphatic heterocycles. The fourth-order valence-corrected chi connectivity index (χ4v) is 3.91. The van der Waals surface area contributed by atoms with Crippen molar-refractivity contribution in [3.63, 3.8) is 0 Å². The molecule has 0 spiro atoms. The molecule has 0 aliphatic carbocycles. The van der Waals surface area contributed by atoms with Crippen molar-refractivity contribution in [2.24, 2.45) is 0 Å². The molecule has 7 heteroatoms. The number of nitrogens with zero attached hydrogens (tertiary/aromatic N) is 4. The second kappa shape index (κ2) is 6.83. The predicted molar refractivity (Wildman–Crippen MR) is 110 cm³/mol. The smallest absolute Gasteiger partial charge is 0.261 e. The lowest BCUT2D eigenvalue weighted by molar-refractivity contribution is 0.0642. The molecular formula is C22H15ClN4O2. The fourth-order valence-electron chi connectivity index (χ4n) is 3.71. The molecule has 0 N–H and O–H groups in total. The van der Waals surface area contributed by atoms with E-state index in [-0.39, 0.29) is 18.4 Å². The molecule has 3 aromatic rings. The van der Waals surface area contributed by atoms with Crippen LogP contribution in [0.2, 0.25) is 5.15 Å². The molecule has 0 bridgehead atoms. The highest BCUT2D eigenvalue weighted by Crippen LogP contribution is 2.35. The van der Waals surface area contributed by atoms with E-state index in [1.807, 2.05) is 35.3 Å². The van der Waals surface area contributed by atoms with E-state index in [2.05, 4.69) is 9.97 Å². The van der Waals surface area contributed by atoms with Gasteiger partial charge in [0.25, 0.3) is 11.8 Å². The molecule has 2 aromatic carbocycles. The first kappa shape index (κ1) is 17.6. The summed E-state index contributed by atoms with van der Waals surface area (Å²) in [6.07, 6.45) is 7.20. The van der Waals surface area contributed by atoms with Gasteiger partial charge >= 0.3 is 0 Å². The van der Waals surface area contributed by atoms with E-state index in [9.17, 15) is 9.59 Å². The van der Waals surface area contributed by atoms with Gasteiger partial charge in [-0.3, -0.25) is 14.5 Å². The summed E-state index contributed by atoms with van der Waals surface area (Å²) < 4.78 is 0. The topological polar surface area (TPSA) is 66.4 Å². The van der Waals surface area contributed by atoms with Crippen molar-refractivity contribution in [1.29, 1.82) is 0 Å². The minimum absolute atomic E-state index is 0.200. The molecule has 0 unspecified atom stereocenters. The third kappa shape index (κ3) is 2.89. The van der Waals surface area contributed by atoms with Gasteiger partial charge in [0.15, 0.2) is 11.0 Å². The molecule has 0 atom stereocenters. The van der Waals surface area contributed by atoms with Gasteiger partial charge in [0.1, 0.15) is 0 Å². The highest BCUT2D eigenvalue weighted by atomic mass is 35.5. The lowest BCUT2D eigenvalue weighted by Gasteiger charge is -2.28. The number of hydrogen-bond donors (Lipinski definition) is 0. The molecule has 0 saturated carbocycles. The first-order valence-corrected chi connectivity index (χ1v) is 9.50. The molecule has 2 aliphatic rings. The third-order valence-electron chi connectivity index (χ3n) is 5.08. The Hall–Kier alpha value is -3.51. The number of benzene rings is 2. The van der Waals surface area contributed by atoms with Crippen molar-refractivity contribution in [2.45, 2.75) is 6.54 Å². The first-order chi connectivity index (χ1) is 14.1. The molecule has 0 fully saturated rings. The van der Waals surface area contributed by atoms with Crippen LogP contribution in [0.1, 0.15) is 31.8 Å². The minimum Gasteiger partial charge on any atom is -0.319 e. The average molecular weight is 403 g/mol. The van der Waals surface area contributed by atoms with Crippen LogP contribution in [0.4, 0.5) is 11.5 Å². The molecule has 29 heavy (non-hydrogen) atoms. The average Bonchev–Trinajstić information content (AvgIpc) is 2.99. The van der Waals surface area contributed by atoms with E-state index in [4.69, 9.17) is 11.6 Å². The van der Waals surface area contributed by atoms with E-state index in [1.54, 1.807) is 36.7 Å². The summed E-state index contributed by atoms with van der Waals surface area (Å²) in [7, 11) is 0. The summed E-state index contributed by atoms with van der Waals surface area (Å²) in [5, 5.41) is 0.319. The number of imide groups is 1. The number of hydrogen-bond acceptors (Lipinski definition) is 5. The van der Waals surface area contributed by atoms with E-state index >= 15 is 0 Å². The van der Waals surface area contributed by atoms with Gasteiger partial charge in [0, 0.05) is 18.9 Å². The molecule has 0 radical (unpaired) electrons. The molecule has 2 amide bonds. The zero-order valence-corrected chi connectivity index (χ0v) is 16.0. The third-order valence-corrected chi connectivity index (χ3v) is 5.35. The van der Waals surface area contributed by atoms with Crippen LogP contribution in [0.25, 0.3) is 6.08 Å². The Morgan fingerprint density at radius 1 is 0.966 bits per heavy atom. The largest absolute Gasteiger partial charge is 0.319 e. The molecule has 0 saturated heterocycles. The Bertz CT molecular complexity index is 1160. The van der Waals surface area contributed by atoms with Gasteiger partial charge in [-0.2, -0.15) is 0 Å². The van der Waals surface area contributed by atoms with Gasteiger partial charge in [-0.05, 0) is 29.3 Å². The Morgan fingerprint density at radius 3 is 2.41 bits per heavy atom. The number of carbonyl (C=O) groups is 2. The first-order valence-electron chi connectivity index (χ1n) is 9.12. The number of halogens is 1. The highest BCUT2D eigenvalue weighted by molar-refractivity contribution is 6.31. The Kier molecular flexibility index (Phi) is 4.14. The number of aromatic nitrogens is 2. The lowest BCUT2D eigenvalue weighted by Crippen LogP contribution is -2.29. The summed E-state index contributed by atoms with van der Waals surface area (Å²) in [6, 6.07) is 12.8. The number of amides is 2. The van der Waals surface area contributed by atoms with E-state index < -0.39 is 0 Å². The van der Waals surface area contributed by atoms with Gasteiger partial charge in [-0.25, -0.2) is 9.97 Å². The SMILES string of the molecule is O=C1c2ccccc2C(=O)N1Cc1ccc2c(c1)N(c1nccnc1Cl)CC=C2. The normalized spacial score (nSPS) is 14.9. The van der Waals surface area contributed by atoms with Crippen LogP contribution in [0.5, 0.6) is 0 Å². The maximum Gasteiger partial charge on any atom is 0.261 e. The number of fused-ring (bicyclic) bond motifs is 2. The van der Waals surface area contributed by atoms with Crippen molar-refractivity contribution in [2.75, 3.05) is 11.4 Å². The van der Waals surface area contributed by atoms with Crippen LogP contribution in [0.3, 0.4) is 0 Å². The van der Waals surface area contributed by atoms with Crippen LogP contribution in [0.15, 0.2) is 60.9 Å². The fraction of sp³-hybridized carbons (Fsp3) is 0.0909. The Balaban J connectivity index is 1.49. The maximum absolute atomic E-state index is 12.7. The molecule has 3 heterocycles. The molecule has 142 valence electrons. The van der Waals surface area contributed by atoms with Crippen molar-refractivity contribution in [1.82, 2.24) is 14.9 Å². The summed E-state index contributed by atoms with van der Waals surface area (Å²) >= 11 is 6.25. The van der Waals surface area contributed by atoms with Crippen LogP contribution < -0.4 is 4.90 Å². The maximum atomic E-state index is 12.7. The zero-order chi connectivity index (χ0) is 20.0. The second-order valence-electron chi connectivity index (χ2n) is 6.82. The molecule has 5 rings (SSSR count). The second-order valence-corrected chi connectivity index (χ2v) is 7.18. The van der Waals surface area contributed by atoms with Gasteiger partial charge in [-0.15, -0.1) is 0 Å². The van der Waals surface area contributed by atoms with Crippen LogP contribution in [-0.2, 0) is 6.54 Å². The van der Waals surface area contributed by atoms with Crippen LogP contribution in [-0.4, -0.2) is 33.2 Å². The Labute approximate surface area is 172 Å². The van der Waals surface area contributed by atoms with Crippen LogP contribution in [0, 0.1) is 0 Å². The van der Waals surface area contributed by atoms with Crippen molar-refractivity contribution >= 4 is 41.0 Å². The van der Waals surface area contributed by atoms with Crippen molar-refractivity contribution < 1.29 is 9.59 Å². The van der Waals surface area contributed by atoms with E-state index in [0.717, 1.165) is 16.8 Å². The standard InChI is InChI=1S/C22H15ClN4O2/c23-19-20(25-10-9-24-19)26-11-3-4-15-8-7-14(12-18(15)26)13-27-21(28)16-5-1-2-6-17(16)22(27)29/h1-10,12H,11,13H2. The quantitative estimate of drug-likeness (QED) is 0.617. The van der Waals surface area contributed by atoms with Crippen LogP contribution >= 0.6 is 11.6 Å².